The normalized spacial score (nSPS) is 11.8. The van der Waals surface area contributed by atoms with Crippen LogP contribution in [-0.2, 0) is 0 Å². The summed E-state index contributed by atoms with van der Waals surface area (Å²) in [5, 5.41) is 0. The first-order chi connectivity index (χ1) is 15.0. The quantitative estimate of drug-likeness (QED) is 0.164. The van der Waals surface area contributed by atoms with Crippen molar-refractivity contribution in [3.63, 3.8) is 0 Å². The van der Waals surface area contributed by atoms with E-state index >= 15 is 0 Å². The van der Waals surface area contributed by atoms with Gasteiger partial charge in [-0.3, -0.25) is 0 Å². The lowest BCUT2D eigenvalue weighted by molar-refractivity contribution is 0.377. The van der Waals surface area contributed by atoms with Gasteiger partial charge in [0.1, 0.15) is 0 Å². The Bertz CT molecular complexity index is 1100. The number of rotatable bonds is 4. The number of hydrogen-bond acceptors (Lipinski definition) is 0. The van der Waals surface area contributed by atoms with Gasteiger partial charge in [-0.05, 0) is 23.3 Å². The molecule has 0 aromatic heterocycles. The fraction of sp³-hybridized carbons (Fsp3) is 0. The Hall–Kier alpha value is -3.56. The maximum Gasteiger partial charge on any atom is 0.200 e. The molecule has 166 valence electrons. The van der Waals surface area contributed by atoms with Crippen LogP contribution in [-0.4, -0.2) is 0 Å². The maximum atomic E-state index is 13.7. The van der Waals surface area contributed by atoms with Crippen molar-refractivity contribution in [1.29, 1.82) is 0 Å². The number of hydrogen-bond donors (Lipinski definition) is 0. The molecule has 10 heteroatoms. The molecule has 0 saturated heterocycles. The molecule has 3 aromatic rings. The molecular weight excluding hydrogens is 454 g/mol. The third kappa shape index (κ3) is 4.12. The molecule has 3 rings (SSSR count). The van der Waals surface area contributed by atoms with Crippen molar-refractivity contribution >= 4 is 24.3 Å². The van der Waals surface area contributed by atoms with Crippen molar-refractivity contribution in [2.45, 2.75) is 0 Å². The second kappa shape index (κ2) is 8.89. The highest BCUT2D eigenvalue weighted by Crippen LogP contribution is 2.26. The molecular formula is C22H8F10. The summed E-state index contributed by atoms with van der Waals surface area (Å²) in [6, 6.07) is 5.23. The summed E-state index contributed by atoms with van der Waals surface area (Å²) in [6.45, 7) is 0. The minimum atomic E-state index is -2.29. The number of halogens is 10. The van der Waals surface area contributed by atoms with Gasteiger partial charge >= 0.3 is 0 Å². The average Bonchev–Trinajstić information content (AvgIpc) is 2.79. The van der Waals surface area contributed by atoms with Crippen LogP contribution in [0.15, 0.2) is 24.3 Å². The van der Waals surface area contributed by atoms with Crippen molar-refractivity contribution in [3.05, 3.63) is 105 Å². The van der Waals surface area contributed by atoms with Crippen LogP contribution in [0.1, 0.15) is 22.3 Å². The van der Waals surface area contributed by atoms with Gasteiger partial charge in [-0.15, -0.1) is 0 Å². The maximum absolute atomic E-state index is 13.7. The molecule has 0 aliphatic carbocycles. The second-order valence-electron chi connectivity index (χ2n) is 6.30. The minimum absolute atomic E-state index is 0.238. The fourth-order valence-electron chi connectivity index (χ4n) is 2.61. The van der Waals surface area contributed by atoms with Crippen molar-refractivity contribution in [3.8, 4) is 0 Å². The minimum Gasteiger partial charge on any atom is -0.203 e. The third-order valence-electron chi connectivity index (χ3n) is 4.31. The Morgan fingerprint density at radius 1 is 0.312 bits per heavy atom. The average molecular weight is 462 g/mol. The monoisotopic (exact) mass is 462 g/mol. The molecule has 0 nitrogen and oxygen atoms in total. The number of benzene rings is 3. The zero-order valence-electron chi connectivity index (χ0n) is 15.4. The Kier molecular flexibility index (Phi) is 6.42. The van der Waals surface area contributed by atoms with Gasteiger partial charge in [0.05, 0.1) is 11.1 Å². The Balaban J connectivity index is 1.86. The fourth-order valence-corrected chi connectivity index (χ4v) is 2.61. The highest BCUT2D eigenvalue weighted by Gasteiger charge is 2.25. The van der Waals surface area contributed by atoms with Gasteiger partial charge in [-0.25, -0.2) is 43.9 Å². The smallest absolute Gasteiger partial charge is 0.200 e. The SMILES string of the molecule is Fc1c(F)c(F)c(C=Cc2ccc(C=Cc3c(F)c(F)c(F)c(F)c3F)cc2)c(F)c1F. The van der Waals surface area contributed by atoms with E-state index in [1.807, 2.05) is 0 Å². The lowest BCUT2D eigenvalue weighted by Crippen LogP contribution is -2.03. The topological polar surface area (TPSA) is 0 Å². The van der Waals surface area contributed by atoms with Gasteiger partial charge < -0.3 is 0 Å². The second-order valence-corrected chi connectivity index (χ2v) is 6.30. The zero-order valence-corrected chi connectivity index (χ0v) is 15.4. The largest absolute Gasteiger partial charge is 0.203 e. The van der Waals surface area contributed by atoms with Crippen LogP contribution in [0.2, 0.25) is 0 Å². The summed E-state index contributed by atoms with van der Waals surface area (Å²) in [7, 11) is 0. The molecule has 0 atom stereocenters. The standard InChI is InChI=1S/C22H8F10/c23-13-11(14(24)18(28)21(31)17(13)27)7-5-9-1-2-10(4-3-9)6-8-12-15(25)19(29)22(32)20(30)16(12)26/h1-8H. The van der Waals surface area contributed by atoms with Crippen LogP contribution in [0.25, 0.3) is 24.3 Å². The summed E-state index contributed by atoms with van der Waals surface area (Å²) in [4.78, 5) is 0. The Morgan fingerprint density at radius 2 is 0.531 bits per heavy atom. The van der Waals surface area contributed by atoms with E-state index in [-0.39, 0.29) is 11.1 Å². The van der Waals surface area contributed by atoms with E-state index in [4.69, 9.17) is 0 Å². The zero-order chi connectivity index (χ0) is 23.7. The first-order valence-electron chi connectivity index (χ1n) is 8.53. The van der Waals surface area contributed by atoms with Crippen LogP contribution in [0.5, 0.6) is 0 Å². The molecule has 0 aliphatic rings. The van der Waals surface area contributed by atoms with E-state index in [0.717, 1.165) is 12.2 Å². The van der Waals surface area contributed by atoms with E-state index in [1.54, 1.807) is 0 Å². The summed E-state index contributed by atoms with van der Waals surface area (Å²) < 4.78 is 134. The van der Waals surface area contributed by atoms with Gasteiger partial charge in [-0.2, -0.15) is 0 Å². The predicted molar refractivity (Wildman–Crippen MR) is 96.8 cm³/mol. The van der Waals surface area contributed by atoms with Crippen LogP contribution in [0, 0.1) is 58.2 Å². The lowest BCUT2D eigenvalue weighted by atomic mass is 10.1. The summed E-state index contributed by atoms with van der Waals surface area (Å²) in [5.41, 5.74) is -1.84. The van der Waals surface area contributed by atoms with Crippen molar-refractivity contribution in [1.82, 2.24) is 0 Å². The van der Waals surface area contributed by atoms with Crippen LogP contribution < -0.4 is 0 Å². The van der Waals surface area contributed by atoms with E-state index in [1.165, 1.54) is 24.3 Å². The highest BCUT2D eigenvalue weighted by atomic mass is 19.2. The van der Waals surface area contributed by atoms with Crippen LogP contribution in [0.4, 0.5) is 43.9 Å². The molecule has 0 amide bonds. The van der Waals surface area contributed by atoms with E-state index < -0.39 is 69.3 Å². The van der Waals surface area contributed by atoms with E-state index in [0.29, 0.717) is 12.2 Å². The molecule has 3 aromatic carbocycles. The van der Waals surface area contributed by atoms with Crippen molar-refractivity contribution in [2.24, 2.45) is 0 Å². The molecule has 0 unspecified atom stereocenters. The Labute approximate surface area is 173 Å². The molecule has 0 aliphatic heterocycles. The summed E-state index contributed by atoms with van der Waals surface area (Å²) >= 11 is 0. The van der Waals surface area contributed by atoms with Gasteiger partial charge in [0, 0.05) is 0 Å². The van der Waals surface area contributed by atoms with Crippen LogP contribution in [0.3, 0.4) is 0 Å². The first kappa shape index (κ1) is 23.1. The molecule has 0 heterocycles. The lowest BCUT2D eigenvalue weighted by Gasteiger charge is -2.05. The van der Waals surface area contributed by atoms with Gasteiger partial charge in [0.15, 0.2) is 46.5 Å². The molecule has 32 heavy (non-hydrogen) atoms. The highest BCUT2D eigenvalue weighted by molar-refractivity contribution is 5.73. The van der Waals surface area contributed by atoms with Gasteiger partial charge in [-0.1, -0.05) is 36.4 Å². The Morgan fingerprint density at radius 3 is 0.781 bits per heavy atom. The molecule has 0 spiro atoms. The van der Waals surface area contributed by atoms with Gasteiger partial charge in [0.2, 0.25) is 11.6 Å². The van der Waals surface area contributed by atoms with Crippen molar-refractivity contribution < 1.29 is 43.9 Å². The summed E-state index contributed by atoms with van der Waals surface area (Å²) in [6.07, 6.45) is 3.40. The molecule has 0 bridgehead atoms. The van der Waals surface area contributed by atoms with Crippen molar-refractivity contribution in [2.75, 3.05) is 0 Å². The molecule has 0 radical (unpaired) electrons. The first-order valence-corrected chi connectivity index (χ1v) is 8.53. The van der Waals surface area contributed by atoms with E-state index in [2.05, 4.69) is 0 Å². The molecule has 0 fully saturated rings. The van der Waals surface area contributed by atoms with Crippen LogP contribution >= 0.6 is 0 Å². The van der Waals surface area contributed by atoms with E-state index in [9.17, 15) is 43.9 Å². The molecule has 0 N–H and O–H groups in total. The third-order valence-corrected chi connectivity index (χ3v) is 4.31. The van der Waals surface area contributed by atoms with Gasteiger partial charge in [0.25, 0.3) is 0 Å². The summed E-state index contributed by atoms with van der Waals surface area (Å²) in [5.74, 6) is -21.0. The molecule has 0 saturated carbocycles. The predicted octanol–water partition coefficient (Wildman–Crippen LogP) is 7.42.